The number of aromatic nitrogens is 3. The van der Waals surface area contributed by atoms with Gasteiger partial charge in [0, 0.05) is 12.1 Å². The van der Waals surface area contributed by atoms with Crippen LogP contribution in [0.15, 0.2) is 48.4 Å². The number of carbonyl (C=O) groups is 1. The van der Waals surface area contributed by atoms with Gasteiger partial charge in [-0.15, -0.1) is 0 Å². The van der Waals surface area contributed by atoms with Crippen molar-refractivity contribution in [2.24, 2.45) is 11.8 Å². The molecule has 2 aliphatic rings. The fraction of sp³-hybridized carbons (Fsp3) is 0.312. The highest BCUT2D eigenvalue weighted by Crippen LogP contribution is 2.41. The summed E-state index contributed by atoms with van der Waals surface area (Å²) in [5.74, 6) is 1.04. The summed E-state index contributed by atoms with van der Waals surface area (Å²) in [6.07, 6.45) is 4.27. The van der Waals surface area contributed by atoms with Crippen molar-refractivity contribution in [2.75, 3.05) is 5.32 Å². The Hall–Kier alpha value is -2.43. The number of benzene rings is 1. The number of ketones is 1. The van der Waals surface area contributed by atoms with Gasteiger partial charge in [0.1, 0.15) is 12.1 Å². The van der Waals surface area contributed by atoms with Crippen LogP contribution in [-0.4, -0.2) is 20.5 Å². The van der Waals surface area contributed by atoms with Crippen LogP contribution in [0, 0.1) is 11.8 Å². The number of nitrogens with one attached hydrogen (secondary N) is 1. The number of Topliss-reactive ketones (excluding diaryl/α,β-unsaturated/α-hetero) is 1. The van der Waals surface area contributed by atoms with Crippen LogP contribution in [0.25, 0.3) is 0 Å². The van der Waals surface area contributed by atoms with Crippen molar-refractivity contribution in [1.82, 2.24) is 14.8 Å². The number of anilines is 1. The molecule has 0 radical (unpaired) electrons. The maximum Gasteiger partial charge on any atom is 0.226 e. The molecule has 21 heavy (non-hydrogen) atoms. The van der Waals surface area contributed by atoms with Crippen LogP contribution in [0.1, 0.15) is 24.9 Å². The first kappa shape index (κ1) is 12.3. The smallest absolute Gasteiger partial charge is 0.226 e. The molecule has 1 aromatic heterocycles. The van der Waals surface area contributed by atoms with Crippen LogP contribution >= 0.6 is 0 Å². The van der Waals surface area contributed by atoms with Crippen molar-refractivity contribution in [3.63, 3.8) is 0 Å². The second-order valence-corrected chi connectivity index (χ2v) is 5.76. The number of fused-ring (bicyclic) bond motifs is 2. The maximum absolute atomic E-state index is 12.6. The zero-order valence-electron chi connectivity index (χ0n) is 11.7. The number of nitrogens with zero attached hydrogens (tertiary/aromatic N) is 3. The third kappa shape index (κ3) is 1.88. The van der Waals surface area contributed by atoms with Gasteiger partial charge in [-0.25, -0.2) is 4.68 Å². The van der Waals surface area contributed by atoms with Gasteiger partial charge >= 0.3 is 0 Å². The highest BCUT2D eigenvalue weighted by molar-refractivity contribution is 5.87. The van der Waals surface area contributed by atoms with Gasteiger partial charge in [-0.05, 0) is 11.5 Å². The monoisotopic (exact) mass is 280 g/mol. The van der Waals surface area contributed by atoms with E-state index in [9.17, 15) is 4.79 Å². The van der Waals surface area contributed by atoms with Gasteiger partial charge < -0.3 is 5.32 Å². The Bertz CT molecular complexity index is 719. The van der Waals surface area contributed by atoms with Crippen molar-refractivity contribution in [1.29, 1.82) is 0 Å². The largest absolute Gasteiger partial charge is 0.328 e. The summed E-state index contributed by atoms with van der Waals surface area (Å²) in [6, 6.07) is 9.94. The Morgan fingerprint density at radius 2 is 2.10 bits per heavy atom. The van der Waals surface area contributed by atoms with Gasteiger partial charge in [-0.2, -0.15) is 10.1 Å². The second-order valence-electron chi connectivity index (χ2n) is 5.76. The third-order valence-electron chi connectivity index (χ3n) is 4.22. The molecule has 0 bridgehead atoms. The average Bonchev–Trinajstić information content (AvgIpc) is 2.93. The van der Waals surface area contributed by atoms with Crippen LogP contribution < -0.4 is 5.32 Å². The molecule has 106 valence electrons. The second kappa shape index (κ2) is 4.55. The van der Waals surface area contributed by atoms with Crippen molar-refractivity contribution in [3.05, 3.63) is 54.0 Å². The van der Waals surface area contributed by atoms with Crippen LogP contribution in [0.2, 0.25) is 0 Å². The summed E-state index contributed by atoms with van der Waals surface area (Å²) in [6.45, 7) is 2.07. The minimum absolute atomic E-state index is 0.115. The number of hydrogen-bond acceptors (Lipinski definition) is 4. The van der Waals surface area contributed by atoms with Gasteiger partial charge in [0.05, 0.1) is 12.0 Å². The highest BCUT2D eigenvalue weighted by Gasteiger charge is 2.42. The van der Waals surface area contributed by atoms with Gasteiger partial charge in [0.25, 0.3) is 0 Å². The molecule has 1 aliphatic heterocycles. The van der Waals surface area contributed by atoms with Crippen molar-refractivity contribution in [3.8, 4) is 0 Å². The first-order valence-corrected chi connectivity index (χ1v) is 7.20. The minimum atomic E-state index is -0.196. The van der Waals surface area contributed by atoms with E-state index in [-0.39, 0.29) is 23.7 Å². The lowest BCUT2D eigenvalue weighted by Gasteiger charge is -2.37. The van der Waals surface area contributed by atoms with E-state index < -0.39 is 0 Å². The van der Waals surface area contributed by atoms with Crippen molar-refractivity contribution >= 4 is 11.7 Å². The van der Waals surface area contributed by atoms with E-state index in [1.807, 2.05) is 35.0 Å². The fourth-order valence-corrected chi connectivity index (χ4v) is 3.35. The third-order valence-corrected chi connectivity index (χ3v) is 4.22. The predicted octanol–water partition coefficient (Wildman–Crippen LogP) is 2.40. The molecule has 2 aromatic rings. The number of allylic oxidation sites excluding steroid dienone is 2. The lowest BCUT2D eigenvalue weighted by Crippen LogP contribution is -2.40. The SMILES string of the molecule is C[C@@H]1C=C2Nc3ncnn3[C@@H](c3ccccc3)[C@@H]2C(=O)C1. The highest BCUT2D eigenvalue weighted by atomic mass is 16.1. The molecule has 0 spiro atoms. The molecule has 0 unspecified atom stereocenters. The Morgan fingerprint density at radius 3 is 2.90 bits per heavy atom. The predicted molar refractivity (Wildman–Crippen MR) is 78.6 cm³/mol. The number of rotatable bonds is 1. The molecule has 0 saturated carbocycles. The van der Waals surface area contributed by atoms with Gasteiger partial charge in [-0.3, -0.25) is 4.79 Å². The summed E-state index contributed by atoms with van der Waals surface area (Å²) in [5.41, 5.74) is 2.05. The van der Waals surface area contributed by atoms with Crippen LogP contribution in [0.4, 0.5) is 5.95 Å². The normalized spacial score (nSPS) is 27.4. The number of hydrogen-bond donors (Lipinski definition) is 1. The average molecular weight is 280 g/mol. The first-order chi connectivity index (χ1) is 10.2. The molecule has 2 heterocycles. The molecule has 1 N–H and O–H groups in total. The lowest BCUT2D eigenvalue weighted by molar-refractivity contribution is -0.123. The minimum Gasteiger partial charge on any atom is -0.328 e. The van der Waals surface area contributed by atoms with E-state index in [0.717, 1.165) is 11.3 Å². The molecular formula is C16H16N4O. The topological polar surface area (TPSA) is 59.8 Å². The van der Waals surface area contributed by atoms with Crippen LogP contribution in [0.5, 0.6) is 0 Å². The van der Waals surface area contributed by atoms with E-state index in [1.54, 1.807) is 0 Å². The molecule has 1 aliphatic carbocycles. The summed E-state index contributed by atoms with van der Waals surface area (Å²) in [5, 5.41) is 7.59. The summed E-state index contributed by atoms with van der Waals surface area (Å²) >= 11 is 0. The van der Waals surface area contributed by atoms with Crippen LogP contribution in [0.3, 0.4) is 0 Å². The molecule has 4 rings (SSSR count). The van der Waals surface area contributed by atoms with Crippen LogP contribution in [-0.2, 0) is 4.79 Å². The first-order valence-electron chi connectivity index (χ1n) is 7.20. The van der Waals surface area contributed by atoms with E-state index in [1.165, 1.54) is 6.33 Å². The lowest BCUT2D eigenvalue weighted by atomic mass is 9.78. The Morgan fingerprint density at radius 1 is 1.29 bits per heavy atom. The number of carbonyl (C=O) groups excluding carboxylic acids is 1. The quantitative estimate of drug-likeness (QED) is 0.871. The molecule has 1 aromatic carbocycles. The van der Waals surface area contributed by atoms with E-state index in [2.05, 4.69) is 28.4 Å². The van der Waals surface area contributed by atoms with Crippen molar-refractivity contribution in [2.45, 2.75) is 19.4 Å². The fourth-order valence-electron chi connectivity index (χ4n) is 3.35. The van der Waals surface area contributed by atoms with Gasteiger partial charge in [0.15, 0.2) is 0 Å². The molecule has 5 heteroatoms. The Labute approximate surface area is 122 Å². The molecule has 5 nitrogen and oxygen atoms in total. The molecular weight excluding hydrogens is 264 g/mol. The Kier molecular flexibility index (Phi) is 2.67. The van der Waals surface area contributed by atoms with E-state index in [0.29, 0.717) is 12.4 Å². The molecule has 0 saturated heterocycles. The van der Waals surface area contributed by atoms with E-state index >= 15 is 0 Å². The van der Waals surface area contributed by atoms with E-state index in [4.69, 9.17) is 0 Å². The molecule has 3 atom stereocenters. The maximum atomic E-state index is 12.6. The van der Waals surface area contributed by atoms with Gasteiger partial charge in [-0.1, -0.05) is 43.3 Å². The Balaban J connectivity index is 1.90. The summed E-state index contributed by atoms with van der Waals surface area (Å²) < 4.78 is 1.82. The summed E-state index contributed by atoms with van der Waals surface area (Å²) in [4.78, 5) is 16.9. The molecule has 0 amide bonds. The van der Waals surface area contributed by atoms with Crippen molar-refractivity contribution < 1.29 is 4.79 Å². The zero-order chi connectivity index (χ0) is 14.4. The zero-order valence-corrected chi connectivity index (χ0v) is 11.7. The molecule has 0 fully saturated rings. The standard InChI is InChI=1S/C16H16N4O/c1-10-7-12-14(13(21)8-10)15(11-5-3-2-4-6-11)20-16(19-12)17-9-18-20/h2-7,9-10,14-15H,8H2,1H3,(H,17,18,19)/t10-,14+,15+/m1/s1. The summed E-state index contributed by atoms with van der Waals surface area (Å²) in [7, 11) is 0. The van der Waals surface area contributed by atoms with Gasteiger partial charge in [0.2, 0.25) is 5.95 Å².